The van der Waals surface area contributed by atoms with Crippen LogP contribution in [-0.4, -0.2) is 41.0 Å². The first kappa shape index (κ1) is 26.0. The Kier molecular flexibility index (Phi) is 7.37. The van der Waals surface area contributed by atoms with E-state index in [0.717, 1.165) is 26.9 Å². The van der Waals surface area contributed by atoms with Crippen LogP contribution in [0.4, 0.5) is 0 Å². The summed E-state index contributed by atoms with van der Waals surface area (Å²) in [4.78, 5) is 44.3. The fourth-order valence-electron chi connectivity index (χ4n) is 3.97. The van der Waals surface area contributed by atoms with Crippen molar-refractivity contribution in [3.8, 4) is 0 Å². The van der Waals surface area contributed by atoms with Crippen molar-refractivity contribution in [3.05, 3.63) is 103 Å². The third kappa shape index (κ3) is 5.37. The molecule has 0 aliphatic carbocycles. The molecule has 7 nitrogen and oxygen atoms in total. The summed E-state index contributed by atoms with van der Waals surface area (Å²) >= 11 is 0. The molecule has 3 aromatic rings. The molecule has 0 aromatic heterocycles. The zero-order chi connectivity index (χ0) is 26.6. The number of carbonyl (C=O) groups excluding carboxylic acids is 3. The van der Waals surface area contributed by atoms with E-state index in [1.807, 2.05) is 91.0 Å². The van der Waals surface area contributed by atoms with Crippen LogP contribution in [0.25, 0.3) is 0 Å². The first-order valence-electron chi connectivity index (χ1n) is 11.8. The Bertz CT molecular complexity index is 1340. The summed E-state index contributed by atoms with van der Waals surface area (Å²) in [5, 5.41) is 7.23. The van der Waals surface area contributed by atoms with Crippen LogP contribution in [0.1, 0.15) is 20.8 Å². The number of benzene rings is 3. The molecule has 1 saturated heterocycles. The smallest absolute Gasteiger partial charge is 0.332 e. The van der Waals surface area contributed by atoms with Gasteiger partial charge in [-0.05, 0) is 20.8 Å². The second-order valence-corrected chi connectivity index (χ2v) is 12.4. The normalized spacial score (nSPS) is 16.4. The van der Waals surface area contributed by atoms with Crippen LogP contribution in [0.15, 0.2) is 113 Å². The van der Waals surface area contributed by atoms with E-state index in [2.05, 4.69) is 5.10 Å². The summed E-state index contributed by atoms with van der Waals surface area (Å²) in [6, 6.07) is 29.3. The van der Waals surface area contributed by atoms with Gasteiger partial charge in [0.15, 0.2) is 5.71 Å². The maximum absolute atomic E-state index is 13.1. The van der Waals surface area contributed by atoms with Crippen LogP contribution >= 0.6 is 7.05 Å². The largest absolute Gasteiger partial charge is 0.457 e. The Hall–Kier alpha value is -4.09. The molecule has 1 fully saturated rings. The third-order valence-corrected chi connectivity index (χ3v) is 9.13. The van der Waals surface area contributed by atoms with Crippen LogP contribution in [0.5, 0.6) is 0 Å². The van der Waals surface area contributed by atoms with Crippen molar-refractivity contribution in [1.82, 2.24) is 4.90 Å². The van der Waals surface area contributed by atoms with E-state index >= 15 is 0 Å². The molecule has 0 bridgehead atoms. The predicted octanol–water partition coefficient (Wildman–Crippen LogP) is 3.79. The summed E-state index contributed by atoms with van der Waals surface area (Å²) in [6.07, 6.45) is 1.02. The van der Waals surface area contributed by atoms with Crippen molar-refractivity contribution in [2.24, 2.45) is 9.96 Å². The second kappa shape index (κ2) is 10.5. The van der Waals surface area contributed by atoms with E-state index < -0.39 is 30.4 Å². The molecule has 0 atom stereocenters. The topological polar surface area (TPSA) is 88.4 Å². The molecule has 0 N–H and O–H groups in total. The van der Waals surface area contributed by atoms with Gasteiger partial charge >= 0.3 is 5.97 Å². The fourth-order valence-corrected chi connectivity index (χ4v) is 7.21. The molecule has 0 unspecified atom stereocenters. The number of nitrogens with zero attached hydrogens (tertiary/aromatic N) is 3. The van der Waals surface area contributed by atoms with Crippen LogP contribution in [0.2, 0.25) is 0 Å². The Morgan fingerprint density at radius 1 is 0.784 bits per heavy atom. The highest BCUT2D eigenvalue weighted by molar-refractivity contribution is 7.87. The van der Waals surface area contributed by atoms with Gasteiger partial charge in [0.2, 0.25) is 0 Å². The minimum atomic E-state index is -2.75. The number of hydrogen-bond donors (Lipinski definition) is 0. The van der Waals surface area contributed by atoms with Gasteiger partial charge < -0.3 is 4.74 Å². The van der Waals surface area contributed by atoms with Gasteiger partial charge in [0.1, 0.15) is 5.60 Å². The predicted molar refractivity (Wildman–Crippen MR) is 147 cm³/mol. The Morgan fingerprint density at radius 2 is 1.22 bits per heavy atom. The van der Waals surface area contributed by atoms with Crippen LogP contribution in [0.3, 0.4) is 0 Å². The van der Waals surface area contributed by atoms with E-state index in [-0.39, 0.29) is 11.3 Å². The lowest BCUT2D eigenvalue weighted by Gasteiger charge is -2.25. The molecule has 0 radical (unpaired) electrons. The van der Waals surface area contributed by atoms with Crippen LogP contribution in [0, 0.1) is 0 Å². The highest BCUT2D eigenvalue weighted by Crippen LogP contribution is 2.46. The van der Waals surface area contributed by atoms with Gasteiger partial charge in [0.05, 0.1) is 12.6 Å². The van der Waals surface area contributed by atoms with Crippen molar-refractivity contribution in [1.29, 1.82) is 0 Å². The Morgan fingerprint density at radius 3 is 1.62 bits per heavy atom. The van der Waals surface area contributed by atoms with Gasteiger partial charge in [-0.2, -0.15) is 4.85 Å². The summed E-state index contributed by atoms with van der Waals surface area (Å²) in [5.74, 6) is -1.99. The zero-order valence-corrected chi connectivity index (χ0v) is 22.1. The number of amides is 2. The van der Waals surface area contributed by atoms with Gasteiger partial charge in [-0.15, -0.1) is 5.10 Å². The highest BCUT2D eigenvalue weighted by atomic mass is 31.2. The molecular weight excluding hydrogens is 485 g/mol. The molecule has 1 aliphatic heterocycles. The van der Waals surface area contributed by atoms with Gasteiger partial charge in [-0.25, -0.2) is 4.79 Å². The number of likely N-dealkylation sites (N-methyl/N-ethyl adjacent to an activating group) is 1. The molecule has 2 amide bonds. The number of carbonyl (C=O) groups is 3. The van der Waals surface area contributed by atoms with Crippen molar-refractivity contribution in [2.75, 3.05) is 7.05 Å². The van der Waals surface area contributed by atoms with Gasteiger partial charge in [0, 0.05) is 29.0 Å². The molecule has 3 aromatic carbocycles. The van der Waals surface area contributed by atoms with E-state index in [4.69, 9.17) is 9.59 Å². The minimum Gasteiger partial charge on any atom is -0.457 e. The van der Waals surface area contributed by atoms with Crippen molar-refractivity contribution in [3.63, 3.8) is 0 Å². The van der Waals surface area contributed by atoms with Crippen LogP contribution < -0.4 is 15.9 Å². The molecule has 37 heavy (non-hydrogen) atoms. The number of imide groups is 1. The monoisotopic (exact) mass is 513 g/mol. The number of esters is 1. The molecule has 0 spiro atoms. The fraction of sp³-hybridized carbons (Fsp3) is 0.172. The molecule has 8 heteroatoms. The van der Waals surface area contributed by atoms with E-state index in [0.29, 0.717) is 0 Å². The molecule has 0 saturated carbocycles. The summed E-state index contributed by atoms with van der Waals surface area (Å²) in [5.41, 5.74) is -1.09. The highest BCUT2D eigenvalue weighted by Gasteiger charge is 2.39. The summed E-state index contributed by atoms with van der Waals surface area (Å²) in [6.45, 7) is 5.17. The first-order chi connectivity index (χ1) is 17.6. The minimum absolute atomic E-state index is 0.141. The SMILES string of the molecule is CN1C(=O)C(=N\N=P(c2ccccc2)(c2ccccc2)c2ccccc2)/C(=C\C(=O)OC(C)(C)C)C1=O. The van der Waals surface area contributed by atoms with E-state index in [1.165, 1.54) is 7.05 Å². The molecule has 4 rings (SSSR count). The standard InChI is InChI=1S/C29H28N3O4P/c1-29(2,3)36-25(33)20-24-26(28(35)32(4)27(24)34)30-31-37(21-14-8-5-9-15-21,22-16-10-6-11-17-22)23-18-12-7-13-19-23/h5-20H,1-4H3/b24-20+,30-26-. The molecular formula is C29H28N3O4P. The lowest BCUT2D eigenvalue weighted by molar-refractivity contribution is -0.148. The number of likely N-dealkylation sites (tertiary alicyclic amines) is 1. The van der Waals surface area contributed by atoms with E-state index in [9.17, 15) is 14.4 Å². The van der Waals surface area contributed by atoms with Gasteiger partial charge in [-0.1, -0.05) is 91.0 Å². The van der Waals surface area contributed by atoms with Crippen molar-refractivity contribution >= 4 is 46.5 Å². The average Bonchev–Trinajstić information content (AvgIpc) is 3.08. The van der Waals surface area contributed by atoms with Crippen LogP contribution in [-0.2, 0) is 19.1 Å². The lowest BCUT2D eigenvalue weighted by atomic mass is 10.1. The summed E-state index contributed by atoms with van der Waals surface area (Å²) in [7, 11) is -1.40. The third-order valence-electron chi connectivity index (χ3n) is 5.63. The maximum Gasteiger partial charge on any atom is 0.332 e. The second-order valence-electron chi connectivity index (χ2n) is 9.44. The zero-order valence-electron chi connectivity index (χ0n) is 21.2. The molecule has 1 aliphatic rings. The van der Waals surface area contributed by atoms with Gasteiger partial charge in [-0.3, -0.25) is 14.5 Å². The average molecular weight is 514 g/mol. The quantitative estimate of drug-likeness (QED) is 0.171. The molecule has 188 valence electrons. The Balaban J connectivity index is 2.01. The number of rotatable bonds is 5. The maximum atomic E-state index is 13.1. The van der Waals surface area contributed by atoms with Gasteiger partial charge in [0.25, 0.3) is 11.8 Å². The Labute approximate surface area is 216 Å². The number of hydrogen-bond acceptors (Lipinski definition) is 5. The summed E-state index contributed by atoms with van der Waals surface area (Å²) < 4.78 is 5.34. The first-order valence-corrected chi connectivity index (χ1v) is 13.5. The van der Waals surface area contributed by atoms with Crippen molar-refractivity contribution < 1.29 is 19.1 Å². The molecule has 1 heterocycles. The van der Waals surface area contributed by atoms with E-state index in [1.54, 1.807) is 20.8 Å². The lowest BCUT2D eigenvalue weighted by Crippen LogP contribution is -2.26. The van der Waals surface area contributed by atoms with Crippen molar-refractivity contribution in [2.45, 2.75) is 26.4 Å². The number of ether oxygens (including phenoxy) is 1.